The van der Waals surface area contributed by atoms with E-state index in [1.807, 2.05) is 13.0 Å². The molecule has 1 aliphatic carbocycles. The second kappa shape index (κ2) is 4.46. The highest BCUT2D eigenvalue weighted by Gasteiger charge is 2.17. The van der Waals surface area contributed by atoms with Crippen molar-refractivity contribution in [3.8, 4) is 0 Å². The predicted molar refractivity (Wildman–Crippen MR) is 51.1 cm³/mol. The third kappa shape index (κ3) is 2.21. The highest BCUT2D eigenvalue weighted by molar-refractivity contribution is 6.64. The minimum Gasteiger partial charge on any atom is -0.281 e. The molecule has 0 bridgehead atoms. The van der Waals surface area contributed by atoms with Crippen molar-refractivity contribution in [2.45, 2.75) is 26.2 Å². The molecular weight excluding hydrogens is 172 g/mol. The van der Waals surface area contributed by atoms with Crippen LogP contribution in [0.2, 0.25) is 0 Å². The van der Waals surface area contributed by atoms with Crippen LogP contribution in [0.4, 0.5) is 0 Å². The predicted octanol–water partition coefficient (Wildman–Crippen LogP) is 3.05. The van der Waals surface area contributed by atoms with Crippen LogP contribution in [0.5, 0.6) is 0 Å². The Morgan fingerprint density at radius 2 is 2.42 bits per heavy atom. The van der Waals surface area contributed by atoms with Crippen molar-refractivity contribution in [3.63, 3.8) is 0 Å². The third-order valence-corrected chi connectivity index (χ3v) is 2.37. The van der Waals surface area contributed by atoms with Crippen molar-refractivity contribution in [1.29, 1.82) is 0 Å². The number of carbonyl (C=O) groups excluding carboxylic acids is 1. The summed E-state index contributed by atoms with van der Waals surface area (Å²) in [6.45, 7) is 1.98. The quantitative estimate of drug-likeness (QED) is 0.617. The summed E-state index contributed by atoms with van der Waals surface area (Å²) in [6, 6.07) is 0. The zero-order chi connectivity index (χ0) is 8.97. The van der Waals surface area contributed by atoms with Crippen LogP contribution in [0.15, 0.2) is 23.8 Å². The molecule has 0 N–H and O–H groups in total. The Kier molecular flexibility index (Phi) is 3.54. The fourth-order valence-corrected chi connectivity index (χ4v) is 1.70. The molecule has 1 nitrogen and oxygen atoms in total. The first-order chi connectivity index (χ1) is 5.75. The van der Waals surface area contributed by atoms with Gasteiger partial charge in [0.2, 0.25) is 5.24 Å². The molecular formula is C10H13ClO. The summed E-state index contributed by atoms with van der Waals surface area (Å²) in [4.78, 5) is 11.0. The molecule has 0 saturated heterocycles. The summed E-state index contributed by atoms with van der Waals surface area (Å²) in [6.07, 6.45) is 9.12. The first-order valence-corrected chi connectivity index (χ1v) is 4.69. The number of allylic oxidation sites excluding steroid dienone is 4. The molecule has 1 aliphatic rings. The molecule has 0 saturated carbocycles. The molecule has 66 valence electrons. The van der Waals surface area contributed by atoms with Crippen LogP contribution in [0, 0.1) is 5.92 Å². The summed E-state index contributed by atoms with van der Waals surface area (Å²) >= 11 is 5.46. The Bertz CT molecular complexity index is 228. The molecule has 1 unspecified atom stereocenters. The average Bonchev–Trinajstić information content (AvgIpc) is 2.07. The van der Waals surface area contributed by atoms with Gasteiger partial charge in [0.05, 0.1) is 5.92 Å². The van der Waals surface area contributed by atoms with Gasteiger partial charge in [-0.15, -0.1) is 0 Å². The molecule has 0 radical (unpaired) electrons. The van der Waals surface area contributed by atoms with Crippen molar-refractivity contribution < 1.29 is 4.79 Å². The van der Waals surface area contributed by atoms with Gasteiger partial charge in [-0.05, 0) is 36.4 Å². The van der Waals surface area contributed by atoms with E-state index >= 15 is 0 Å². The maximum absolute atomic E-state index is 11.0. The van der Waals surface area contributed by atoms with Crippen LogP contribution in [0.1, 0.15) is 26.2 Å². The summed E-state index contributed by atoms with van der Waals surface area (Å²) in [5, 5.41) is -0.240. The zero-order valence-corrected chi connectivity index (χ0v) is 7.97. The number of hydrogen-bond donors (Lipinski definition) is 0. The molecule has 0 heterocycles. The molecule has 2 heteroatoms. The molecule has 0 aromatic heterocycles. The van der Waals surface area contributed by atoms with Gasteiger partial charge in [-0.25, -0.2) is 0 Å². The fourth-order valence-electron chi connectivity index (χ4n) is 1.42. The van der Waals surface area contributed by atoms with Gasteiger partial charge >= 0.3 is 0 Å². The molecule has 0 aromatic carbocycles. The lowest BCUT2D eigenvalue weighted by molar-refractivity contribution is -0.114. The van der Waals surface area contributed by atoms with Crippen LogP contribution in [0.25, 0.3) is 0 Å². The monoisotopic (exact) mass is 184 g/mol. The maximum Gasteiger partial charge on any atom is 0.229 e. The molecule has 0 amide bonds. The van der Waals surface area contributed by atoms with E-state index < -0.39 is 0 Å². The smallest absolute Gasteiger partial charge is 0.229 e. The van der Waals surface area contributed by atoms with Gasteiger partial charge in [0.1, 0.15) is 0 Å². The summed E-state index contributed by atoms with van der Waals surface area (Å²) in [5.74, 6) is -0.0942. The van der Waals surface area contributed by atoms with E-state index in [0.717, 1.165) is 24.8 Å². The van der Waals surface area contributed by atoms with Crippen molar-refractivity contribution >= 4 is 16.8 Å². The second-order valence-corrected chi connectivity index (χ2v) is 3.32. The number of rotatable bonds is 3. The Hall–Kier alpha value is -0.560. The van der Waals surface area contributed by atoms with Gasteiger partial charge < -0.3 is 0 Å². The SMILES string of the molecule is CCC(C(=O)Cl)C1=CCCC=C1. The van der Waals surface area contributed by atoms with Crippen LogP contribution in [0.3, 0.4) is 0 Å². The van der Waals surface area contributed by atoms with Crippen molar-refractivity contribution in [2.24, 2.45) is 5.92 Å². The number of hydrogen-bond acceptors (Lipinski definition) is 1. The minimum atomic E-state index is -0.240. The van der Waals surface area contributed by atoms with Gasteiger partial charge in [-0.3, -0.25) is 4.79 Å². The lowest BCUT2D eigenvalue weighted by atomic mass is 9.93. The molecule has 0 aromatic rings. The average molecular weight is 185 g/mol. The Balaban J connectivity index is 2.71. The normalized spacial score (nSPS) is 18.7. The largest absolute Gasteiger partial charge is 0.281 e. The highest BCUT2D eigenvalue weighted by Crippen LogP contribution is 2.23. The summed E-state index contributed by atoms with van der Waals surface area (Å²) < 4.78 is 0. The van der Waals surface area contributed by atoms with Gasteiger partial charge in [0.25, 0.3) is 0 Å². The first-order valence-electron chi connectivity index (χ1n) is 4.31. The lowest BCUT2D eigenvalue weighted by Gasteiger charge is -2.13. The van der Waals surface area contributed by atoms with E-state index in [9.17, 15) is 4.79 Å². The maximum atomic E-state index is 11.0. The molecule has 1 rings (SSSR count). The third-order valence-electron chi connectivity index (χ3n) is 2.11. The molecule has 0 aliphatic heterocycles. The Morgan fingerprint density at radius 3 is 2.83 bits per heavy atom. The van der Waals surface area contributed by atoms with Gasteiger partial charge in [-0.1, -0.05) is 25.2 Å². The van der Waals surface area contributed by atoms with Crippen LogP contribution >= 0.6 is 11.6 Å². The zero-order valence-electron chi connectivity index (χ0n) is 7.22. The first kappa shape index (κ1) is 9.53. The van der Waals surface area contributed by atoms with Gasteiger partial charge in [0, 0.05) is 0 Å². The molecule has 12 heavy (non-hydrogen) atoms. The molecule has 0 spiro atoms. The summed E-state index contributed by atoms with van der Waals surface area (Å²) in [5.41, 5.74) is 1.09. The molecule has 0 fully saturated rings. The van der Waals surface area contributed by atoms with E-state index in [1.165, 1.54) is 0 Å². The fraction of sp³-hybridized carbons (Fsp3) is 0.500. The minimum absolute atomic E-state index is 0.0942. The topological polar surface area (TPSA) is 17.1 Å². The van der Waals surface area contributed by atoms with E-state index in [-0.39, 0.29) is 11.2 Å². The van der Waals surface area contributed by atoms with Crippen molar-refractivity contribution in [1.82, 2.24) is 0 Å². The Morgan fingerprint density at radius 1 is 1.67 bits per heavy atom. The lowest BCUT2D eigenvalue weighted by Crippen LogP contribution is -2.10. The van der Waals surface area contributed by atoms with E-state index in [0.29, 0.717) is 0 Å². The van der Waals surface area contributed by atoms with Gasteiger partial charge in [0.15, 0.2) is 0 Å². The highest BCUT2D eigenvalue weighted by atomic mass is 35.5. The Labute approximate surface area is 78.1 Å². The molecule has 1 atom stereocenters. The standard InChI is InChI=1S/C10H13ClO/c1-2-9(10(11)12)8-6-4-3-5-7-8/h4,6-7,9H,2-3,5H2,1H3. The second-order valence-electron chi connectivity index (χ2n) is 2.95. The number of halogens is 1. The summed E-state index contributed by atoms with van der Waals surface area (Å²) in [7, 11) is 0. The van der Waals surface area contributed by atoms with Crippen molar-refractivity contribution in [2.75, 3.05) is 0 Å². The van der Waals surface area contributed by atoms with Crippen molar-refractivity contribution in [3.05, 3.63) is 23.8 Å². The van der Waals surface area contributed by atoms with E-state index in [1.54, 1.807) is 0 Å². The van der Waals surface area contributed by atoms with E-state index in [2.05, 4.69) is 12.2 Å². The van der Waals surface area contributed by atoms with E-state index in [4.69, 9.17) is 11.6 Å². The van der Waals surface area contributed by atoms with Crippen LogP contribution in [-0.4, -0.2) is 5.24 Å². The van der Waals surface area contributed by atoms with Gasteiger partial charge in [-0.2, -0.15) is 0 Å². The number of carbonyl (C=O) groups is 1. The van der Waals surface area contributed by atoms with Crippen LogP contribution < -0.4 is 0 Å². The van der Waals surface area contributed by atoms with Crippen LogP contribution in [-0.2, 0) is 4.79 Å².